The standard InChI is InChI=1S/C18H13F3N4OS/c19-18(20,21)13-8-27-17-15(23-9-25(13)17)24-16(26)14(22)12-6-5-10-3-1-2-4-11(10)7-12/h1-9,14H,22H2,(H,24,26). The zero-order valence-electron chi connectivity index (χ0n) is 13.7. The highest BCUT2D eigenvalue weighted by molar-refractivity contribution is 7.16. The molecule has 0 radical (unpaired) electrons. The van der Waals surface area contributed by atoms with Crippen LogP contribution in [0.2, 0.25) is 0 Å². The Hall–Kier alpha value is -2.91. The van der Waals surface area contributed by atoms with E-state index in [1.165, 1.54) is 0 Å². The van der Waals surface area contributed by atoms with Crippen LogP contribution in [0.3, 0.4) is 0 Å². The first kappa shape index (κ1) is 17.5. The lowest BCUT2D eigenvalue weighted by Gasteiger charge is -2.12. The van der Waals surface area contributed by atoms with Gasteiger partial charge in [-0.3, -0.25) is 9.20 Å². The number of alkyl halides is 3. The first-order chi connectivity index (χ1) is 12.8. The van der Waals surface area contributed by atoms with E-state index in [9.17, 15) is 18.0 Å². The van der Waals surface area contributed by atoms with Crippen LogP contribution in [0.1, 0.15) is 17.3 Å². The summed E-state index contributed by atoms with van der Waals surface area (Å²) in [6, 6.07) is 12.1. The lowest BCUT2D eigenvalue weighted by Crippen LogP contribution is -2.27. The fourth-order valence-electron chi connectivity index (χ4n) is 2.83. The number of thiazole rings is 1. The molecule has 2 heterocycles. The number of benzene rings is 2. The second-order valence-corrected chi connectivity index (χ2v) is 6.82. The SMILES string of the molecule is NC(C(=O)Nc1ncn2c(C(F)(F)F)csc12)c1ccc2ccccc2c1. The maximum Gasteiger partial charge on any atom is 0.432 e. The topological polar surface area (TPSA) is 72.4 Å². The molecule has 1 unspecified atom stereocenters. The van der Waals surface area contributed by atoms with Gasteiger partial charge in [0.2, 0.25) is 5.91 Å². The molecule has 4 aromatic rings. The molecule has 5 nitrogen and oxygen atoms in total. The molecule has 0 saturated carbocycles. The van der Waals surface area contributed by atoms with Crippen LogP contribution < -0.4 is 11.1 Å². The summed E-state index contributed by atoms with van der Waals surface area (Å²) in [6.07, 6.45) is -3.46. The smallest absolute Gasteiger partial charge is 0.316 e. The third-order valence-corrected chi connectivity index (χ3v) is 5.17. The van der Waals surface area contributed by atoms with Crippen LogP contribution in [0.5, 0.6) is 0 Å². The maximum absolute atomic E-state index is 13.0. The minimum atomic E-state index is -4.50. The number of carbonyl (C=O) groups excluding carboxylic acids is 1. The summed E-state index contributed by atoms with van der Waals surface area (Å²) >= 11 is 0.850. The van der Waals surface area contributed by atoms with Crippen molar-refractivity contribution in [2.75, 3.05) is 5.32 Å². The number of hydrogen-bond acceptors (Lipinski definition) is 4. The second kappa shape index (κ2) is 6.36. The Kier molecular flexibility index (Phi) is 4.12. The maximum atomic E-state index is 13.0. The van der Waals surface area contributed by atoms with Gasteiger partial charge in [-0.15, -0.1) is 11.3 Å². The number of anilines is 1. The Bertz CT molecular complexity index is 1150. The molecule has 0 fully saturated rings. The molecule has 1 amide bonds. The van der Waals surface area contributed by atoms with Crippen LogP contribution in [0.25, 0.3) is 15.6 Å². The highest BCUT2D eigenvalue weighted by Crippen LogP contribution is 2.35. The molecule has 9 heteroatoms. The summed E-state index contributed by atoms with van der Waals surface area (Å²) in [5, 5.41) is 5.46. The van der Waals surface area contributed by atoms with E-state index in [0.717, 1.165) is 38.2 Å². The van der Waals surface area contributed by atoms with Gasteiger partial charge >= 0.3 is 6.18 Å². The van der Waals surface area contributed by atoms with Gasteiger partial charge in [-0.2, -0.15) is 13.2 Å². The van der Waals surface area contributed by atoms with Gasteiger partial charge in [0.05, 0.1) is 0 Å². The van der Waals surface area contributed by atoms with Crippen LogP contribution in [0.4, 0.5) is 19.0 Å². The third kappa shape index (κ3) is 3.15. The third-order valence-electron chi connectivity index (χ3n) is 4.21. The largest absolute Gasteiger partial charge is 0.432 e. The van der Waals surface area contributed by atoms with Crippen molar-refractivity contribution in [3.8, 4) is 0 Å². The molecule has 2 aromatic carbocycles. The molecule has 138 valence electrons. The van der Waals surface area contributed by atoms with Crippen molar-refractivity contribution in [3.63, 3.8) is 0 Å². The minimum Gasteiger partial charge on any atom is -0.316 e. The van der Waals surface area contributed by atoms with Gasteiger partial charge in [0.1, 0.15) is 22.9 Å². The minimum absolute atomic E-state index is 0.0525. The molecule has 4 rings (SSSR count). The molecule has 0 aliphatic heterocycles. The van der Waals surface area contributed by atoms with Crippen molar-refractivity contribution in [1.29, 1.82) is 0 Å². The van der Waals surface area contributed by atoms with Crippen molar-refractivity contribution < 1.29 is 18.0 Å². The molecular weight excluding hydrogens is 377 g/mol. The first-order valence-corrected chi connectivity index (χ1v) is 8.79. The van der Waals surface area contributed by atoms with Gasteiger partial charge in [0.15, 0.2) is 5.82 Å². The summed E-state index contributed by atoms with van der Waals surface area (Å²) in [6.45, 7) is 0. The molecule has 0 bridgehead atoms. The number of imidazole rings is 1. The zero-order chi connectivity index (χ0) is 19.2. The number of halogens is 3. The Morgan fingerprint density at radius 3 is 2.67 bits per heavy atom. The second-order valence-electron chi connectivity index (χ2n) is 5.96. The van der Waals surface area contributed by atoms with E-state index < -0.39 is 23.8 Å². The normalized spacial score (nSPS) is 13.2. The Morgan fingerprint density at radius 1 is 1.19 bits per heavy atom. The molecular formula is C18H13F3N4OS. The van der Waals surface area contributed by atoms with Crippen LogP contribution in [0.15, 0.2) is 54.2 Å². The van der Waals surface area contributed by atoms with E-state index in [-0.39, 0.29) is 10.6 Å². The fraction of sp³-hybridized carbons (Fsp3) is 0.111. The van der Waals surface area contributed by atoms with E-state index in [2.05, 4.69) is 10.3 Å². The fourth-order valence-corrected chi connectivity index (χ4v) is 3.77. The van der Waals surface area contributed by atoms with Gasteiger partial charge in [-0.05, 0) is 22.4 Å². The van der Waals surface area contributed by atoms with E-state index in [4.69, 9.17) is 5.73 Å². The van der Waals surface area contributed by atoms with Gasteiger partial charge in [-0.25, -0.2) is 4.98 Å². The van der Waals surface area contributed by atoms with E-state index in [0.29, 0.717) is 5.56 Å². The number of hydrogen-bond donors (Lipinski definition) is 2. The Balaban J connectivity index is 1.59. The average Bonchev–Trinajstić information content (AvgIpc) is 3.23. The average molecular weight is 390 g/mol. The van der Waals surface area contributed by atoms with Crippen molar-refractivity contribution in [2.45, 2.75) is 12.2 Å². The van der Waals surface area contributed by atoms with E-state index >= 15 is 0 Å². The van der Waals surface area contributed by atoms with Crippen molar-refractivity contribution in [1.82, 2.24) is 9.38 Å². The lowest BCUT2D eigenvalue weighted by atomic mass is 10.0. The molecule has 0 saturated heterocycles. The quantitative estimate of drug-likeness (QED) is 0.551. The number of nitrogens with zero attached hydrogens (tertiary/aromatic N) is 2. The number of nitrogens with two attached hydrogens (primary N) is 1. The lowest BCUT2D eigenvalue weighted by molar-refractivity contribution is -0.141. The number of aromatic nitrogens is 2. The number of nitrogens with one attached hydrogen (secondary N) is 1. The summed E-state index contributed by atoms with van der Waals surface area (Å²) in [7, 11) is 0. The molecule has 0 aliphatic carbocycles. The van der Waals surface area contributed by atoms with Crippen LogP contribution in [-0.4, -0.2) is 15.3 Å². The van der Waals surface area contributed by atoms with Gasteiger partial charge in [0, 0.05) is 5.38 Å². The summed E-state index contributed by atoms with van der Waals surface area (Å²) < 4.78 is 39.8. The van der Waals surface area contributed by atoms with Crippen LogP contribution >= 0.6 is 11.3 Å². The monoisotopic (exact) mass is 390 g/mol. The molecule has 3 N–H and O–H groups in total. The van der Waals surface area contributed by atoms with Gasteiger partial charge in [-0.1, -0.05) is 36.4 Å². The van der Waals surface area contributed by atoms with Crippen molar-refractivity contribution in [3.05, 3.63) is 65.4 Å². The summed E-state index contributed by atoms with van der Waals surface area (Å²) in [4.78, 5) is 16.6. The van der Waals surface area contributed by atoms with Crippen LogP contribution in [-0.2, 0) is 11.0 Å². The molecule has 2 aromatic heterocycles. The number of amides is 1. The summed E-state index contributed by atoms with van der Waals surface area (Å²) in [5.41, 5.74) is 5.80. The highest BCUT2D eigenvalue weighted by Gasteiger charge is 2.35. The van der Waals surface area contributed by atoms with Crippen molar-refractivity contribution in [2.24, 2.45) is 5.73 Å². The van der Waals surface area contributed by atoms with E-state index in [1.807, 2.05) is 36.4 Å². The predicted molar refractivity (Wildman–Crippen MR) is 97.6 cm³/mol. The van der Waals surface area contributed by atoms with Gasteiger partial charge < -0.3 is 11.1 Å². The van der Waals surface area contributed by atoms with Crippen molar-refractivity contribution >= 4 is 38.7 Å². The number of fused-ring (bicyclic) bond motifs is 2. The number of rotatable bonds is 3. The molecule has 27 heavy (non-hydrogen) atoms. The predicted octanol–water partition coefficient (Wildman–Crippen LogP) is 4.21. The number of carbonyl (C=O) groups is 1. The summed E-state index contributed by atoms with van der Waals surface area (Å²) in [5.74, 6) is -0.496. The molecule has 0 spiro atoms. The van der Waals surface area contributed by atoms with Gasteiger partial charge in [0.25, 0.3) is 0 Å². The van der Waals surface area contributed by atoms with Crippen LogP contribution in [0, 0.1) is 0 Å². The zero-order valence-corrected chi connectivity index (χ0v) is 14.5. The Labute approximate surface area is 155 Å². The highest BCUT2D eigenvalue weighted by atomic mass is 32.1. The molecule has 0 aliphatic rings. The molecule has 1 atom stereocenters. The Morgan fingerprint density at radius 2 is 1.93 bits per heavy atom. The first-order valence-electron chi connectivity index (χ1n) is 7.91. The van der Waals surface area contributed by atoms with E-state index in [1.54, 1.807) is 6.07 Å².